The molecule has 5 rings (SSSR count). The van der Waals surface area contributed by atoms with Crippen molar-refractivity contribution in [3.05, 3.63) is 78.0 Å². The summed E-state index contributed by atoms with van der Waals surface area (Å²) in [6, 6.07) is 20.6. The summed E-state index contributed by atoms with van der Waals surface area (Å²) in [7, 11) is 0. The highest BCUT2D eigenvalue weighted by atomic mass is 15.1. The van der Waals surface area contributed by atoms with Gasteiger partial charge in [-0.2, -0.15) is 5.10 Å². The molecule has 0 saturated heterocycles. The van der Waals surface area contributed by atoms with E-state index in [4.69, 9.17) is 9.97 Å². The molecule has 3 aromatic carbocycles. The molecule has 5 nitrogen and oxygen atoms in total. The van der Waals surface area contributed by atoms with Crippen LogP contribution in [0.25, 0.3) is 33.2 Å². The van der Waals surface area contributed by atoms with Gasteiger partial charge in [0.25, 0.3) is 0 Å². The van der Waals surface area contributed by atoms with Crippen molar-refractivity contribution < 1.29 is 0 Å². The van der Waals surface area contributed by atoms with E-state index in [2.05, 4.69) is 77.9 Å². The highest BCUT2D eigenvalue weighted by Gasteiger charge is 2.11. The number of H-pyrrole nitrogens is 1. The topological polar surface area (TPSA) is 66.5 Å². The molecule has 5 aromatic rings. The first-order valence-electron chi connectivity index (χ1n) is 9.21. The number of anilines is 2. The van der Waals surface area contributed by atoms with Gasteiger partial charge in [0.2, 0.25) is 0 Å². The fourth-order valence-electron chi connectivity index (χ4n) is 3.32. The average Bonchev–Trinajstić information content (AvgIpc) is 3.16. The molecule has 2 heterocycles. The Hall–Kier alpha value is -3.73. The number of aryl methyl sites for hydroxylation is 2. The zero-order valence-electron chi connectivity index (χ0n) is 15.7. The first-order valence-corrected chi connectivity index (χ1v) is 9.21. The third-order valence-electron chi connectivity index (χ3n) is 4.87. The lowest BCUT2D eigenvalue weighted by atomic mass is 10.1. The van der Waals surface area contributed by atoms with Crippen molar-refractivity contribution in [1.82, 2.24) is 20.2 Å². The molecule has 0 atom stereocenters. The van der Waals surface area contributed by atoms with Gasteiger partial charge in [-0.1, -0.05) is 35.9 Å². The van der Waals surface area contributed by atoms with Gasteiger partial charge in [0.1, 0.15) is 5.82 Å². The second kappa shape index (κ2) is 6.46. The van der Waals surface area contributed by atoms with Crippen LogP contribution in [-0.4, -0.2) is 20.2 Å². The highest BCUT2D eigenvalue weighted by Crippen LogP contribution is 2.29. The van der Waals surface area contributed by atoms with E-state index in [9.17, 15) is 0 Å². The van der Waals surface area contributed by atoms with Gasteiger partial charge in [-0.15, -0.1) is 0 Å². The van der Waals surface area contributed by atoms with Crippen LogP contribution in [0.3, 0.4) is 0 Å². The fraction of sp³-hybridized carbons (Fsp3) is 0.0870. The number of nitrogens with one attached hydrogen (secondary N) is 2. The molecule has 0 aliphatic carbocycles. The quantitative estimate of drug-likeness (QED) is 0.441. The van der Waals surface area contributed by atoms with Gasteiger partial charge in [0.05, 0.1) is 17.2 Å². The normalized spacial score (nSPS) is 11.2. The van der Waals surface area contributed by atoms with Crippen LogP contribution in [0.15, 0.2) is 66.9 Å². The zero-order valence-corrected chi connectivity index (χ0v) is 15.7. The molecule has 0 radical (unpaired) electrons. The molecular formula is C23H19N5. The van der Waals surface area contributed by atoms with Crippen molar-refractivity contribution in [3.63, 3.8) is 0 Å². The van der Waals surface area contributed by atoms with E-state index < -0.39 is 0 Å². The van der Waals surface area contributed by atoms with Crippen LogP contribution in [0.5, 0.6) is 0 Å². The van der Waals surface area contributed by atoms with Crippen molar-refractivity contribution in [2.24, 2.45) is 0 Å². The summed E-state index contributed by atoms with van der Waals surface area (Å²) in [5.74, 6) is 1.51. The summed E-state index contributed by atoms with van der Waals surface area (Å²) in [6.45, 7) is 4.15. The summed E-state index contributed by atoms with van der Waals surface area (Å²) < 4.78 is 0. The molecule has 2 N–H and O–H groups in total. The number of benzene rings is 3. The van der Waals surface area contributed by atoms with Crippen LogP contribution < -0.4 is 5.32 Å². The predicted octanol–water partition coefficient (Wildman–Crippen LogP) is 5.53. The second-order valence-corrected chi connectivity index (χ2v) is 7.08. The monoisotopic (exact) mass is 365 g/mol. The molecule has 0 saturated carbocycles. The number of aromatic amines is 1. The number of nitrogens with zero attached hydrogens (tertiary/aromatic N) is 3. The first-order chi connectivity index (χ1) is 13.7. The zero-order chi connectivity index (χ0) is 19.1. The smallest absolute Gasteiger partial charge is 0.162 e. The van der Waals surface area contributed by atoms with Gasteiger partial charge < -0.3 is 5.32 Å². The van der Waals surface area contributed by atoms with Crippen molar-refractivity contribution in [1.29, 1.82) is 0 Å². The van der Waals surface area contributed by atoms with Gasteiger partial charge in [-0.3, -0.25) is 5.10 Å². The predicted molar refractivity (Wildman–Crippen MR) is 114 cm³/mol. The summed E-state index contributed by atoms with van der Waals surface area (Å²) in [5, 5.41) is 12.6. The number of fused-ring (bicyclic) bond motifs is 2. The van der Waals surface area contributed by atoms with Crippen molar-refractivity contribution in [2.45, 2.75) is 13.8 Å². The second-order valence-electron chi connectivity index (χ2n) is 7.08. The molecule has 0 amide bonds. The average molecular weight is 365 g/mol. The van der Waals surface area contributed by atoms with E-state index in [-0.39, 0.29) is 0 Å². The van der Waals surface area contributed by atoms with Crippen LogP contribution >= 0.6 is 0 Å². The Balaban J connectivity index is 1.65. The maximum absolute atomic E-state index is 4.85. The maximum Gasteiger partial charge on any atom is 0.162 e. The number of hydrogen-bond acceptors (Lipinski definition) is 4. The summed E-state index contributed by atoms with van der Waals surface area (Å²) in [4.78, 5) is 9.66. The molecule has 0 bridgehead atoms. The Labute approximate surface area is 162 Å². The summed E-state index contributed by atoms with van der Waals surface area (Å²) in [6.07, 6.45) is 1.82. The lowest BCUT2D eigenvalue weighted by Crippen LogP contribution is -1.99. The summed E-state index contributed by atoms with van der Waals surface area (Å²) >= 11 is 0. The van der Waals surface area contributed by atoms with E-state index in [1.54, 1.807) is 0 Å². The maximum atomic E-state index is 4.85. The Morgan fingerprint density at radius 2 is 1.64 bits per heavy atom. The van der Waals surface area contributed by atoms with Crippen molar-refractivity contribution in [3.8, 4) is 11.4 Å². The molecular weight excluding hydrogens is 346 g/mol. The van der Waals surface area contributed by atoms with Crippen LogP contribution in [0.2, 0.25) is 0 Å². The Morgan fingerprint density at radius 1 is 0.821 bits per heavy atom. The van der Waals surface area contributed by atoms with E-state index in [0.717, 1.165) is 38.9 Å². The van der Waals surface area contributed by atoms with E-state index >= 15 is 0 Å². The summed E-state index contributed by atoms with van der Waals surface area (Å²) in [5.41, 5.74) is 6.29. The van der Waals surface area contributed by atoms with Crippen molar-refractivity contribution >= 4 is 33.3 Å². The molecule has 0 fully saturated rings. The minimum absolute atomic E-state index is 0.713. The Bertz CT molecular complexity index is 1300. The van der Waals surface area contributed by atoms with E-state index in [0.29, 0.717) is 5.82 Å². The van der Waals surface area contributed by atoms with Gasteiger partial charge in [0.15, 0.2) is 5.82 Å². The van der Waals surface area contributed by atoms with Crippen LogP contribution in [0.4, 0.5) is 11.5 Å². The largest absolute Gasteiger partial charge is 0.340 e. The van der Waals surface area contributed by atoms with Crippen LogP contribution in [0, 0.1) is 13.8 Å². The molecule has 136 valence electrons. The molecule has 28 heavy (non-hydrogen) atoms. The van der Waals surface area contributed by atoms with Crippen LogP contribution in [0.1, 0.15) is 11.1 Å². The Kier molecular flexibility index (Phi) is 3.79. The van der Waals surface area contributed by atoms with Gasteiger partial charge in [-0.25, -0.2) is 9.97 Å². The van der Waals surface area contributed by atoms with Gasteiger partial charge >= 0.3 is 0 Å². The SMILES string of the molecule is Cc1ccc(-c2nc(Nc3ccc4[nH]ncc4c3)c3ccc(C)cc3n2)cc1. The van der Waals surface area contributed by atoms with Gasteiger partial charge in [0, 0.05) is 22.0 Å². The van der Waals surface area contributed by atoms with Gasteiger partial charge in [-0.05, 0) is 49.7 Å². The van der Waals surface area contributed by atoms with E-state index in [1.807, 2.05) is 18.3 Å². The fourth-order valence-corrected chi connectivity index (χ4v) is 3.32. The molecule has 0 unspecified atom stereocenters. The molecule has 5 heteroatoms. The van der Waals surface area contributed by atoms with E-state index in [1.165, 1.54) is 11.1 Å². The molecule has 2 aromatic heterocycles. The third kappa shape index (κ3) is 2.97. The van der Waals surface area contributed by atoms with Crippen LogP contribution in [-0.2, 0) is 0 Å². The third-order valence-corrected chi connectivity index (χ3v) is 4.87. The number of rotatable bonds is 3. The molecule has 0 aliphatic heterocycles. The minimum Gasteiger partial charge on any atom is -0.340 e. The molecule has 0 aliphatic rings. The molecule has 0 spiro atoms. The number of aromatic nitrogens is 4. The lowest BCUT2D eigenvalue weighted by molar-refractivity contribution is 1.12. The first kappa shape index (κ1) is 16.4. The minimum atomic E-state index is 0.713. The standard InChI is InChI=1S/C23H19N5/c1-14-3-6-16(7-4-14)22-26-21-11-15(2)5-9-19(21)23(27-22)25-18-8-10-20-17(12-18)13-24-28-20/h3-13H,1-2H3,(H,24,28)(H,25,26,27). The number of hydrogen-bond donors (Lipinski definition) is 2. The van der Waals surface area contributed by atoms with Crippen molar-refractivity contribution in [2.75, 3.05) is 5.32 Å². The highest BCUT2D eigenvalue weighted by molar-refractivity contribution is 5.93. The lowest BCUT2D eigenvalue weighted by Gasteiger charge is -2.12. The Morgan fingerprint density at radius 3 is 2.50 bits per heavy atom.